The molecule has 3 unspecified atom stereocenters. The van der Waals surface area contributed by atoms with Gasteiger partial charge >= 0.3 is 5.97 Å². The monoisotopic (exact) mass is 289 g/mol. The topological polar surface area (TPSA) is 75.6 Å². The van der Waals surface area contributed by atoms with Crippen LogP contribution in [0.4, 0.5) is 0 Å². The molecule has 0 heterocycles. The van der Waals surface area contributed by atoms with Crippen molar-refractivity contribution >= 4 is 11.9 Å². The van der Waals surface area contributed by atoms with Crippen molar-refractivity contribution in [1.82, 2.24) is 5.32 Å². The van der Waals surface area contributed by atoms with E-state index in [1.165, 1.54) is 0 Å². The number of rotatable bonds is 6. The summed E-state index contributed by atoms with van der Waals surface area (Å²) in [6.45, 7) is 0. The van der Waals surface area contributed by atoms with Crippen molar-refractivity contribution in [1.29, 1.82) is 0 Å². The lowest BCUT2D eigenvalue weighted by molar-refractivity contribution is -0.140. The van der Waals surface area contributed by atoms with E-state index in [0.29, 0.717) is 12.3 Å². The Balaban J connectivity index is 1.67. The molecule has 2 N–H and O–H groups in total. The van der Waals surface area contributed by atoms with Gasteiger partial charge < -0.3 is 15.2 Å². The highest BCUT2D eigenvalue weighted by Gasteiger charge is 2.49. The number of amides is 1. The highest BCUT2D eigenvalue weighted by atomic mass is 16.5. The van der Waals surface area contributed by atoms with Crippen molar-refractivity contribution in [3.8, 4) is 5.75 Å². The Hall–Kier alpha value is -2.04. The Kier molecular flexibility index (Phi) is 3.57. The number of hydrogen-bond acceptors (Lipinski definition) is 3. The van der Waals surface area contributed by atoms with Crippen molar-refractivity contribution in [2.45, 2.75) is 25.3 Å². The first-order valence-electron chi connectivity index (χ1n) is 7.27. The van der Waals surface area contributed by atoms with Gasteiger partial charge in [0.25, 0.3) is 0 Å². The molecule has 0 spiro atoms. The van der Waals surface area contributed by atoms with Gasteiger partial charge in [-0.25, -0.2) is 0 Å². The minimum Gasteiger partial charge on any atom is -0.497 e. The second kappa shape index (κ2) is 5.39. The SMILES string of the molecule is COc1ccc(C(NC(=O)C2CC2C(=O)O)C2CC2)cc1. The third-order valence-corrected chi connectivity index (χ3v) is 4.31. The fourth-order valence-electron chi connectivity index (χ4n) is 2.73. The van der Waals surface area contributed by atoms with Crippen LogP contribution in [0.25, 0.3) is 0 Å². The van der Waals surface area contributed by atoms with Crippen molar-refractivity contribution in [2.24, 2.45) is 17.8 Å². The normalized spacial score (nSPS) is 25.0. The van der Waals surface area contributed by atoms with Crippen LogP contribution in [0.5, 0.6) is 5.75 Å². The van der Waals surface area contributed by atoms with Gasteiger partial charge in [-0.15, -0.1) is 0 Å². The van der Waals surface area contributed by atoms with Gasteiger partial charge in [0.1, 0.15) is 5.75 Å². The van der Waals surface area contributed by atoms with Gasteiger partial charge in [-0.05, 0) is 42.9 Å². The van der Waals surface area contributed by atoms with Crippen LogP contribution in [0.3, 0.4) is 0 Å². The van der Waals surface area contributed by atoms with Crippen LogP contribution in [-0.4, -0.2) is 24.1 Å². The summed E-state index contributed by atoms with van der Waals surface area (Å²) in [6.07, 6.45) is 2.66. The van der Waals surface area contributed by atoms with Gasteiger partial charge in [0, 0.05) is 0 Å². The van der Waals surface area contributed by atoms with E-state index in [1.807, 2.05) is 24.3 Å². The summed E-state index contributed by atoms with van der Waals surface area (Å²) in [7, 11) is 1.62. The number of carboxylic acid groups (broad SMARTS) is 1. The number of carbonyl (C=O) groups is 2. The zero-order chi connectivity index (χ0) is 15.0. The predicted octanol–water partition coefficient (Wildman–Crippen LogP) is 1.98. The molecule has 2 fully saturated rings. The Morgan fingerprint density at radius 1 is 1.24 bits per heavy atom. The van der Waals surface area contributed by atoms with Gasteiger partial charge in [-0.3, -0.25) is 9.59 Å². The summed E-state index contributed by atoms with van der Waals surface area (Å²) >= 11 is 0. The van der Waals surface area contributed by atoms with Crippen LogP contribution in [0, 0.1) is 17.8 Å². The van der Waals surface area contributed by atoms with Crippen LogP contribution in [-0.2, 0) is 9.59 Å². The summed E-state index contributed by atoms with van der Waals surface area (Å²) in [6, 6.07) is 7.67. The van der Waals surface area contributed by atoms with E-state index in [1.54, 1.807) is 7.11 Å². The molecule has 0 bridgehead atoms. The van der Waals surface area contributed by atoms with Crippen molar-refractivity contribution in [2.75, 3.05) is 7.11 Å². The first-order chi connectivity index (χ1) is 10.1. The minimum atomic E-state index is -0.873. The third kappa shape index (κ3) is 3.01. The van der Waals surface area contributed by atoms with E-state index in [2.05, 4.69) is 5.32 Å². The van der Waals surface area contributed by atoms with E-state index in [0.717, 1.165) is 24.2 Å². The summed E-state index contributed by atoms with van der Waals surface area (Å²) in [5.41, 5.74) is 1.05. The molecule has 21 heavy (non-hydrogen) atoms. The third-order valence-electron chi connectivity index (χ3n) is 4.31. The lowest BCUT2D eigenvalue weighted by atomic mass is 10.0. The zero-order valence-electron chi connectivity index (χ0n) is 11.9. The minimum absolute atomic E-state index is 0.0153. The van der Waals surface area contributed by atoms with Crippen LogP contribution < -0.4 is 10.1 Å². The first-order valence-corrected chi connectivity index (χ1v) is 7.27. The van der Waals surface area contributed by atoms with Crippen molar-refractivity contribution < 1.29 is 19.4 Å². The molecule has 5 nitrogen and oxygen atoms in total. The molecule has 0 aromatic heterocycles. The lowest BCUT2D eigenvalue weighted by Gasteiger charge is -2.19. The number of carbonyl (C=O) groups excluding carboxylic acids is 1. The van der Waals surface area contributed by atoms with E-state index >= 15 is 0 Å². The Bertz CT molecular complexity index is 550. The lowest BCUT2D eigenvalue weighted by Crippen LogP contribution is -2.32. The van der Waals surface area contributed by atoms with Crippen LogP contribution >= 0.6 is 0 Å². The summed E-state index contributed by atoms with van der Waals surface area (Å²) in [5, 5.41) is 11.9. The largest absolute Gasteiger partial charge is 0.497 e. The fraction of sp³-hybridized carbons (Fsp3) is 0.500. The van der Waals surface area contributed by atoms with Crippen LogP contribution in [0.2, 0.25) is 0 Å². The highest BCUT2D eigenvalue weighted by molar-refractivity contribution is 5.89. The molecule has 2 saturated carbocycles. The fourth-order valence-corrected chi connectivity index (χ4v) is 2.73. The Morgan fingerprint density at radius 3 is 2.38 bits per heavy atom. The number of ether oxygens (including phenoxy) is 1. The van der Waals surface area contributed by atoms with Crippen LogP contribution in [0.15, 0.2) is 24.3 Å². The number of benzene rings is 1. The van der Waals surface area contributed by atoms with Crippen LogP contribution in [0.1, 0.15) is 30.9 Å². The molecule has 2 aliphatic rings. The van der Waals surface area contributed by atoms with Crippen molar-refractivity contribution in [3.63, 3.8) is 0 Å². The Morgan fingerprint density at radius 2 is 1.90 bits per heavy atom. The average molecular weight is 289 g/mol. The molecule has 1 amide bonds. The summed E-state index contributed by atoms with van der Waals surface area (Å²) in [4.78, 5) is 23.0. The maximum atomic E-state index is 12.2. The van der Waals surface area contributed by atoms with E-state index in [9.17, 15) is 9.59 Å². The second-order valence-electron chi connectivity index (χ2n) is 5.88. The van der Waals surface area contributed by atoms with E-state index in [-0.39, 0.29) is 17.9 Å². The molecular formula is C16H19NO4. The molecule has 1 aromatic carbocycles. The molecule has 5 heteroatoms. The van der Waals surface area contributed by atoms with Gasteiger partial charge in [0.05, 0.1) is 25.0 Å². The maximum absolute atomic E-state index is 12.2. The Labute approximate surface area is 123 Å². The predicted molar refractivity (Wildman–Crippen MR) is 75.8 cm³/mol. The number of hydrogen-bond donors (Lipinski definition) is 2. The summed E-state index contributed by atoms with van der Waals surface area (Å²) < 4.78 is 5.14. The molecule has 3 atom stereocenters. The van der Waals surface area contributed by atoms with E-state index < -0.39 is 11.9 Å². The molecule has 112 valence electrons. The molecule has 3 rings (SSSR count). The molecule has 1 aromatic rings. The molecule has 2 aliphatic carbocycles. The second-order valence-corrected chi connectivity index (χ2v) is 5.88. The molecule has 0 aliphatic heterocycles. The first kappa shape index (κ1) is 13.9. The molecular weight excluding hydrogens is 270 g/mol. The maximum Gasteiger partial charge on any atom is 0.307 e. The quantitative estimate of drug-likeness (QED) is 0.839. The molecule has 0 radical (unpaired) electrons. The highest BCUT2D eigenvalue weighted by Crippen LogP contribution is 2.43. The van der Waals surface area contributed by atoms with E-state index in [4.69, 9.17) is 9.84 Å². The van der Waals surface area contributed by atoms with Gasteiger partial charge in [0.2, 0.25) is 5.91 Å². The van der Waals surface area contributed by atoms with Gasteiger partial charge in [-0.1, -0.05) is 12.1 Å². The zero-order valence-corrected chi connectivity index (χ0v) is 11.9. The standard InChI is InChI=1S/C16H19NO4/c1-21-11-6-4-10(5-7-11)14(9-2-3-9)17-15(18)12-8-13(12)16(19)20/h4-7,9,12-14H,2-3,8H2,1H3,(H,17,18)(H,19,20). The van der Waals surface area contributed by atoms with Crippen molar-refractivity contribution in [3.05, 3.63) is 29.8 Å². The summed E-state index contributed by atoms with van der Waals surface area (Å²) in [5.74, 6) is -0.613. The number of aliphatic carboxylic acids is 1. The number of methoxy groups -OCH3 is 1. The van der Waals surface area contributed by atoms with Gasteiger partial charge in [-0.2, -0.15) is 0 Å². The number of nitrogens with one attached hydrogen (secondary N) is 1. The average Bonchev–Trinajstić information content (AvgIpc) is 3.37. The van der Waals surface area contributed by atoms with Gasteiger partial charge in [0.15, 0.2) is 0 Å². The number of carboxylic acids is 1. The molecule has 0 saturated heterocycles. The smallest absolute Gasteiger partial charge is 0.307 e.